The van der Waals surface area contributed by atoms with Crippen molar-refractivity contribution in [2.75, 3.05) is 6.54 Å². The molecule has 1 aromatic heterocycles. The molecule has 8 heteroatoms. The molecule has 1 unspecified atom stereocenters. The molecule has 2 N–H and O–H groups in total. The van der Waals surface area contributed by atoms with Gasteiger partial charge in [-0.15, -0.1) is 13.2 Å². The van der Waals surface area contributed by atoms with E-state index in [1.165, 1.54) is 12.1 Å². The van der Waals surface area contributed by atoms with Gasteiger partial charge in [-0.3, -0.25) is 4.79 Å². The van der Waals surface area contributed by atoms with Crippen molar-refractivity contribution in [2.24, 2.45) is 0 Å². The molecular formula is C17H18F3NO4. The molecule has 0 fully saturated rings. The highest BCUT2D eigenvalue weighted by atomic mass is 19.4. The fraction of sp³-hybridized carbons (Fsp3) is 0.353. The van der Waals surface area contributed by atoms with E-state index in [0.717, 1.165) is 12.1 Å². The molecule has 0 aliphatic heterocycles. The Labute approximate surface area is 142 Å². The topological polar surface area (TPSA) is 71.7 Å². The van der Waals surface area contributed by atoms with Gasteiger partial charge in [0.25, 0.3) is 5.91 Å². The van der Waals surface area contributed by atoms with Crippen LogP contribution in [0.4, 0.5) is 13.2 Å². The first-order valence-corrected chi connectivity index (χ1v) is 7.54. The molecule has 0 aliphatic carbocycles. The lowest BCUT2D eigenvalue weighted by Gasteiger charge is -2.11. The van der Waals surface area contributed by atoms with Crippen molar-refractivity contribution in [1.29, 1.82) is 0 Å². The fourth-order valence-electron chi connectivity index (χ4n) is 2.37. The Hall–Kier alpha value is -2.48. The molecule has 5 nitrogen and oxygen atoms in total. The molecule has 2 aromatic rings. The first kappa shape index (κ1) is 18.9. The smallest absolute Gasteiger partial charge is 0.466 e. The first-order chi connectivity index (χ1) is 11.7. The lowest BCUT2D eigenvalue weighted by Crippen LogP contribution is -2.25. The number of aryl methyl sites for hydroxylation is 2. The van der Waals surface area contributed by atoms with E-state index in [0.29, 0.717) is 17.1 Å². The van der Waals surface area contributed by atoms with Crippen molar-refractivity contribution in [1.82, 2.24) is 5.32 Å². The second kappa shape index (κ2) is 7.60. The second-order valence-electron chi connectivity index (χ2n) is 5.50. The lowest BCUT2D eigenvalue weighted by atomic mass is 10.1. The highest BCUT2D eigenvalue weighted by molar-refractivity contribution is 5.94. The van der Waals surface area contributed by atoms with Crippen LogP contribution in [0.2, 0.25) is 0 Å². The average Bonchev–Trinajstić information content (AvgIpc) is 2.85. The molecule has 0 saturated carbocycles. The monoisotopic (exact) mass is 357 g/mol. The van der Waals surface area contributed by atoms with Gasteiger partial charge in [-0.2, -0.15) is 0 Å². The molecule has 0 spiro atoms. The molecule has 1 heterocycles. The van der Waals surface area contributed by atoms with Crippen molar-refractivity contribution in [3.63, 3.8) is 0 Å². The van der Waals surface area contributed by atoms with Crippen LogP contribution in [-0.4, -0.2) is 23.9 Å². The fourth-order valence-corrected chi connectivity index (χ4v) is 2.37. The number of nitrogens with one attached hydrogen (secondary N) is 1. The number of furan rings is 1. The molecule has 2 rings (SSSR count). The summed E-state index contributed by atoms with van der Waals surface area (Å²) in [6.07, 6.45) is -5.27. The molecule has 1 atom stereocenters. The zero-order valence-electron chi connectivity index (χ0n) is 13.7. The number of aliphatic hydroxyl groups is 1. The highest BCUT2D eigenvalue weighted by Gasteiger charge is 2.31. The standard InChI is InChI=1S/C17H18F3NO4/c1-10-9-14(11(2)24-10)15(22)7-8-21-16(23)12-3-5-13(6-4-12)25-17(18,19)20/h3-6,9,15,22H,7-8H2,1-2H3,(H,21,23). The normalized spacial score (nSPS) is 12.7. The van der Waals surface area contributed by atoms with Gasteiger partial charge >= 0.3 is 6.36 Å². The van der Waals surface area contributed by atoms with Crippen LogP contribution in [-0.2, 0) is 0 Å². The van der Waals surface area contributed by atoms with E-state index in [-0.39, 0.29) is 18.5 Å². The van der Waals surface area contributed by atoms with E-state index < -0.39 is 24.1 Å². The van der Waals surface area contributed by atoms with E-state index in [2.05, 4.69) is 10.1 Å². The highest BCUT2D eigenvalue weighted by Crippen LogP contribution is 2.24. The number of aliphatic hydroxyl groups excluding tert-OH is 1. The number of rotatable bonds is 6. The van der Waals surface area contributed by atoms with Gasteiger partial charge in [-0.05, 0) is 50.6 Å². The molecular weight excluding hydrogens is 339 g/mol. The van der Waals surface area contributed by atoms with Crippen molar-refractivity contribution < 1.29 is 32.2 Å². The van der Waals surface area contributed by atoms with E-state index in [1.54, 1.807) is 19.9 Å². The zero-order valence-corrected chi connectivity index (χ0v) is 13.7. The quantitative estimate of drug-likeness (QED) is 0.828. The minimum Gasteiger partial charge on any atom is -0.466 e. The van der Waals surface area contributed by atoms with Gasteiger partial charge in [0.2, 0.25) is 0 Å². The minimum absolute atomic E-state index is 0.194. The van der Waals surface area contributed by atoms with Crippen LogP contribution in [0, 0.1) is 13.8 Å². The average molecular weight is 357 g/mol. The van der Waals surface area contributed by atoms with Crippen molar-refractivity contribution >= 4 is 5.91 Å². The maximum absolute atomic E-state index is 12.1. The summed E-state index contributed by atoms with van der Waals surface area (Å²) in [5, 5.41) is 12.7. The summed E-state index contributed by atoms with van der Waals surface area (Å²) in [6, 6.07) is 6.33. The summed E-state index contributed by atoms with van der Waals surface area (Å²) in [6.45, 7) is 3.72. The Morgan fingerprint density at radius 1 is 1.28 bits per heavy atom. The Balaban J connectivity index is 1.85. The van der Waals surface area contributed by atoms with Gasteiger partial charge in [0, 0.05) is 17.7 Å². The third-order valence-electron chi connectivity index (χ3n) is 3.49. The third kappa shape index (κ3) is 5.53. The number of carbonyl (C=O) groups excluding carboxylic acids is 1. The van der Waals surface area contributed by atoms with Crippen molar-refractivity contribution in [3.8, 4) is 5.75 Å². The van der Waals surface area contributed by atoms with Gasteiger partial charge in [0.1, 0.15) is 17.3 Å². The maximum Gasteiger partial charge on any atom is 0.573 e. The molecule has 0 radical (unpaired) electrons. The van der Waals surface area contributed by atoms with Crippen LogP contribution in [0.3, 0.4) is 0 Å². The summed E-state index contributed by atoms with van der Waals surface area (Å²) < 4.78 is 45.3. The number of carbonyl (C=O) groups is 1. The molecule has 1 aromatic carbocycles. The van der Waals surface area contributed by atoms with Crippen molar-refractivity contribution in [3.05, 3.63) is 53.0 Å². The van der Waals surface area contributed by atoms with Crippen LogP contribution >= 0.6 is 0 Å². The number of hydrogen-bond donors (Lipinski definition) is 2. The summed E-state index contributed by atoms with van der Waals surface area (Å²) in [4.78, 5) is 12.0. The molecule has 1 amide bonds. The van der Waals surface area contributed by atoms with Gasteiger partial charge in [0.15, 0.2) is 0 Å². The van der Waals surface area contributed by atoms with Gasteiger partial charge in [-0.25, -0.2) is 0 Å². The molecule has 25 heavy (non-hydrogen) atoms. The SMILES string of the molecule is Cc1cc(C(O)CCNC(=O)c2ccc(OC(F)(F)F)cc2)c(C)o1. The Kier molecular flexibility index (Phi) is 5.73. The van der Waals surface area contributed by atoms with Crippen LogP contribution in [0.25, 0.3) is 0 Å². The van der Waals surface area contributed by atoms with Gasteiger partial charge in [0.05, 0.1) is 6.10 Å². The molecule has 0 bridgehead atoms. The number of benzene rings is 1. The maximum atomic E-state index is 12.1. The lowest BCUT2D eigenvalue weighted by molar-refractivity contribution is -0.274. The Morgan fingerprint density at radius 2 is 1.92 bits per heavy atom. The van der Waals surface area contributed by atoms with Crippen LogP contribution in [0.5, 0.6) is 5.75 Å². The van der Waals surface area contributed by atoms with Gasteiger partial charge < -0.3 is 19.6 Å². The van der Waals surface area contributed by atoms with E-state index in [9.17, 15) is 23.1 Å². The van der Waals surface area contributed by atoms with Crippen molar-refractivity contribution in [2.45, 2.75) is 32.7 Å². The number of hydrogen-bond acceptors (Lipinski definition) is 4. The number of amides is 1. The Morgan fingerprint density at radius 3 is 2.44 bits per heavy atom. The Bertz CT molecular complexity index is 722. The second-order valence-corrected chi connectivity index (χ2v) is 5.50. The van der Waals surface area contributed by atoms with E-state index >= 15 is 0 Å². The number of alkyl halides is 3. The third-order valence-corrected chi connectivity index (χ3v) is 3.49. The predicted molar refractivity (Wildman–Crippen MR) is 83.2 cm³/mol. The van der Waals surface area contributed by atoms with E-state index in [1.807, 2.05) is 0 Å². The predicted octanol–water partition coefficient (Wildman–Crippen LogP) is 3.65. The van der Waals surface area contributed by atoms with Crippen LogP contribution < -0.4 is 10.1 Å². The summed E-state index contributed by atoms with van der Waals surface area (Å²) in [5.41, 5.74) is 0.861. The summed E-state index contributed by atoms with van der Waals surface area (Å²) >= 11 is 0. The first-order valence-electron chi connectivity index (χ1n) is 7.54. The summed E-state index contributed by atoms with van der Waals surface area (Å²) in [7, 11) is 0. The van der Waals surface area contributed by atoms with Crippen LogP contribution in [0.1, 0.15) is 40.0 Å². The van der Waals surface area contributed by atoms with Gasteiger partial charge in [-0.1, -0.05) is 0 Å². The number of halogens is 3. The molecule has 136 valence electrons. The minimum atomic E-state index is -4.77. The molecule has 0 saturated heterocycles. The summed E-state index contributed by atoms with van der Waals surface area (Å²) in [5.74, 6) is 0.462. The largest absolute Gasteiger partial charge is 0.573 e. The zero-order chi connectivity index (χ0) is 18.6. The molecule has 0 aliphatic rings. The van der Waals surface area contributed by atoms with E-state index in [4.69, 9.17) is 4.42 Å². The number of ether oxygens (including phenoxy) is 1. The van der Waals surface area contributed by atoms with Crippen LogP contribution in [0.15, 0.2) is 34.7 Å².